The first-order valence-corrected chi connectivity index (χ1v) is 11.4. The van der Waals surface area contributed by atoms with E-state index in [0.29, 0.717) is 30.5 Å². The van der Waals surface area contributed by atoms with Gasteiger partial charge in [0.15, 0.2) is 0 Å². The van der Waals surface area contributed by atoms with Crippen molar-refractivity contribution in [2.24, 2.45) is 5.92 Å². The largest absolute Gasteiger partial charge is 0.394 e. The maximum absolute atomic E-state index is 12.2. The number of ether oxygens (including phenoxy) is 2. The zero-order valence-corrected chi connectivity index (χ0v) is 19.4. The van der Waals surface area contributed by atoms with Crippen LogP contribution >= 0.6 is 0 Å². The van der Waals surface area contributed by atoms with E-state index in [1.54, 1.807) is 13.8 Å². The van der Waals surface area contributed by atoms with Gasteiger partial charge in [0.05, 0.1) is 18.8 Å². The number of aromatic amines is 2. The molecular weight excluding hydrogens is 464 g/mol. The predicted molar refractivity (Wildman–Crippen MR) is 122 cm³/mol. The third-order valence-corrected chi connectivity index (χ3v) is 6.43. The summed E-state index contributed by atoms with van der Waals surface area (Å²) in [5.41, 5.74) is 4.51. The molecule has 0 radical (unpaired) electrons. The topological polar surface area (TPSA) is 193 Å². The van der Waals surface area contributed by atoms with E-state index in [1.807, 2.05) is 0 Å². The van der Waals surface area contributed by atoms with E-state index < -0.39 is 53.4 Å². The SMILES string of the molecule is Cc1cn(C2CC(O)C(NNCC[C@H]3C[C@H](n4cc(C)c(=O)[nH]c4=O)O[C@@H]3CO)O2)c(=O)[nH]c1=O. The first-order valence-electron chi connectivity index (χ1n) is 11.4. The Morgan fingerprint density at radius 1 is 0.971 bits per heavy atom. The van der Waals surface area contributed by atoms with E-state index in [9.17, 15) is 29.4 Å². The third kappa shape index (κ3) is 5.37. The van der Waals surface area contributed by atoms with E-state index in [1.165, 1.54) is 21.5 Å². The molecule has 0 aromatic carbocycles. The summed E-state index contributed by atoms with van der Waals surface area (Å²) in [5.74, 6) is -0.0664. The number of aromatic nitrogens is 4. The number of nitrogens with zero attached hydrogens (tertiary/aromatic N) is 2. The Morgan fingerprint density at radius 3 is 2.11 bits per heavy atom. The Kier molecular flexibility index (Phi) is 7.49. The highest BCUT2D eigenvalue weighted by molar-refractivity contribution is 5.03. The van der Waals surface area contributed by atoms with Crippen LogP contribution in [-0.2, 0) is 9.47 Å². The normalized spacial score (nSPS) is 28.6. The first-order chi connectivity index (χ1) is 16.7. The lowest BCUT2D eigenvalue weighted by atomic mass is 9.97. The highest BCUT2D eigenvalue weighted by Gasteiger charge is 2.37. The molecule has 2 aromatic rings. The number of rotatable bonds is 8. The molecule has 4 heterocycles. The van der Waals surface area contributed by atoms with Gasteiger partial charge < -0.3 is 19.7 Å². The molecule has 14 nitrogen and oxygen atoms in total. The van der Waals surface area contributed by atoms with Crippen molar-refractivity contribution in [3.8, 4) is 0 Å². The van der Waals surface area contributed by atoms with E-state index >= 15 is 0 Å². The molecular formula is C21H30N6O8. The number of aliphatic hydroxyl groups excluding tert-OH is 2. The Morgan fingerprint density at radius 2 is 1.54 bits per heavy atom. The average molecular weight is 495 g/mol. The zero-order valence-electron chi connectivity index (χ0n) is 19.4. The quantitative estimate of drug-likeness (QED) is 0.172. The van der Waals surface area contributed by atoms with Gasteiger partial charge in [0.2, 0.25) is 0 Å². The predicted octanol–water partition coefficient (Wildman–Crippen LogP) is -2.31. The number of hydrogen-bond acceptors (Lipinski definition) is 10. The van der Waals surface area contributed by atoms with Gasteiger partial charge in [-0.25, -0.2) is 15.0 Å². The molecule has 0 saturated carbocycles. The van der Waals surface area contributed by atoms with Crippen LogP contribution in [0.4, 0.5) is 0 Å². The second-order valence-corrected chi connectivity index (χ2v) is 8.94. The Labute approximate surface area is 198 Å². The smallest absolute Gasteiger partial charge is 0.330 e. The molecule has 0 spiro atoms. The summed E-state index contributed by atoms with van der Waals surface area (Å²) in [7, 11) is 0. The summed E-state index contributed by atoms with van der Waals surface area (Å²) in [6.07, 6.45) is 0.546. The fraction of sp³-hybridized carbons (Fsp3) is 0.619. The van der Waals surface area contributed by atoms with Crippen molar-refractivity contribution in [1.29, 1.82) is 0 Å². The van der Waals surface area contributed by atoms with Crippen LogP contribution in [0.1, 0.15) is 42.8 Å². The lowest BCUT2D eigenvalue weighted by Gasteiger charge is -2.20. The van der Waals surface area contributed by atoms with Crippen molar-refractivity contribution in [3.05, 3.63) is 65.2 Å². The van der Waals surface area contributed by atoms with Crippen LogP contribution in [0, 0.1) is 19.8 Å². The van der Waals surface area contributed by atoms with Crippen LogP contribution in [-0.4, -0.2) is 60.9 Å². The molecule has 6 atom stereocenters. The third-order valence-electron chi connectivity index (χ3n) is 6.43. The molecule has 3 unspecified atom stereocenters. The minimum absolute atomic E-state index is 0.0664. The molecule has 0 aliphatic carbocycles. The maximum Gasteiger partial charge on any atom is 0.330 e. The molecule has 6 N–H and O–H groups in total. The van der Waals surface area contributed by atoms with Gasteiger partial charge in [-0.3, -0.25) is 34.1 Å². The summed E-state index contributed by atoms with van der Waals surface area (Å²) in [6.45, 7) is 3.39. The summed E-state index contributed by atoms with van der Waals surface area (Å²) in [4.78, 5) is 51.9. The molecule has 4 rings (SSSR count). The van der Waals surface area contributed by atoms with Crippen LogP contribution in [0.5, 0.6) is 0 Å². The molecule has 0 bridgehead atoms. The van der Waals surface area contributed by atoms with Crippen LogP contribution in [0.3, 0.4) is 0 Å². The Hall–Kier alpha value is -2.88. The lowest BCUT2D eigenvalue weighted by molar-refractivity contribution is -0.0462. The number of hydrogen-bond donors (Lipinski definition) is 6. The minimum atomic E-state index is -0.897. The van der Waals surface area contributed by atoms with Crippen molar-refractivity contribution in [3.63, 3.8) is 0 Å². The van der Waals surface area contributed by atoms with Gasteiger partial charge in [0.1, 0.15) is 18.7 Å². The van der Waals surface area contributed by atoms with E-state index in [2.05, 4.69) is 20.8 Å². The second kappa shape index (κ2) is 10.4. The highest BCUT2D eigenvalue weighted by atomic mass is 16.5. The average Bonchev–Trinajstić information content (AvgIpc) is 3.39. The molecule has 2 aliphatic rings. The highest BCUT2D eigenvalue weighted by Crippen LogP contribution is 2.34. The summed E-state index contributed by atoms with van der Waals surface area (Å²) in [5, 5.41) is 20.0. The summed E-state index contributed by atoms with van der Waals surface area (Å²) in [6, 6.07) is 0. The first kappa shape index (κ1) is 25.2. The van der Waals surface area contributed by atoms with Gasteiger partial charge in [0.25, 0.3) is 11.1 Å². The molecule has 35 heavy (non-hydrogen) atoms. The van der Waals surface area contributed by atoms with Crippen LogP contribution in [0.15, 0.2) is 31.6 Å². The van der Waals surface area contributed by atoms with E-state index in [-0.39, 0.29) is 18.9 Å². The standard InChI is InChI=1S/C21H30N6O8/c1-10-7-26(20(32)23-17(10)30)15-5-12(14(9-28)34-15)3-4-22-25-19-13(29)6-16(35-19)27-8-11(2)18(31)24-21(27)33/h7-8,12-16,19,22,25,28-29H,3-6,9H2,1-2H3,(H,23,30,32)(H,24,31,33)/t12-,13?,14+,15+,16?,19?/m0/s1. The molecule has 2 fully saturated rings. The van der Waals surface area contributed by atoms with Crippen molar-refractivity contribution < 1.29 is 19.7 Å². The number of nitrogens with one attached hydrogen (secondary N) is 4. The molecule has 192 valence electrons. The molecule has 2 aromatic heterocycles. The minimum Gasteiger partial charge on any atom is -0.394 e. The summed E-state index contributed by atoms with van der Waals surface area (Å²) < 4.78 is 14.2. The Balaban J connectivity index is 1.30. The number of hydrazine groups is 1. The molecule has 2 aliphatic heterocycles. The van der Waals surface area contributed by atoms with Crippen LogP contribution in [0.25, 0.3) is 0 Å². The lowest BCUT2D eigenvalue weighted by Crippen LogP contribution is -2.46. The van der Waals surface area contributed by atoms with Gasteiger partial charge >= 0.3 is 11.4 Å². The number of H-pyrrole nitrogens is 2. The summed E-state index contributed by atoms with van der Waals surface area (Å²) >= 11 is 0. The van der Waals surface area contributed by atoms with Gasteiger partial charge in [-0.05, 0) is 32.6 Å². The van der Waals surface area contributed by atoms with Gasteiger partial charge in [-0.2, -0.15) is 0 Å². The van der Waals surface area contributed by atoms with Crippen molar-refractivity contribution in [2.75, 3.05) is 13.2 Å². The van der Waals surface area contributed by atoms with Crippen LogP contribution < -0.4 is 33.3 Å². The van der Waals surface area contributed by atoms with Crippen molar-refractivity contribution >= 4 is 0 Å². The fourth-order valence-corrected chi connectivity index (χ4v) is 4.44. The van der Waals surface area contributed by atoms with Gasteiger partial charge in [0, 0.05) is 36.5 Å². The van der Waals surface area contributed by atoms with Crippen LogP contribution in [0.2, 0.25) is 0 Å². The molecule has 0 amide bonds. The molecule has 14 heteroatoms. The Bertz CT molecular complexity index is 1280. The van der Waals surface area contributed by atoms with Gasteiger partial charge in [-0.15, -0.1) is 0 Å². The van der Waals surface area contributed by atoms with E-state index in [0.717, 1.165) is 0 Å². The monoisotopic (exact) mass is 494 g/mol. The second-order valence-electron chi connectivity index (χ2n) is 8.94. The number of aryl methyl sites for hydroxylation is 2. The fourth-order valence-electron chi connectivity index (χ4n) is 4.44. The maximum atomic E-state index is 12.2. The van der Waals surface area contributed by atoms with Crippen molar-refractivity contribution in [1.82, 2.24) is 30.0 Å². The van der Waals surface area contributed by atoms with Gasteiger partial charge in [-0.1, -0.05) is 0 Å². The van der Waals surface area contributed by atoms with E-state index in [4.69, 9.17) is 9.47 Å². The number of aliphatic hydroxyl groups is 2. The zero-order chi connectivity index (χ0) is 25.3. The molecule has 2 saturated heterocycles. The van der Waals surface area contributed by atoms with Crippen molar-refractivity contribution in [2.45, 2.75) is 64.0 Å².